The predicted molar refractivity (Wildman–Crippen MR) is 193 cm³/mol. The van der Waals surface area contributed by atoms with Crippen molar-refractivity contribution in [3.05, 3.63) is 198 Å². The minimum atomic E-state index is -0.504. The van der Waals surface area contributed by atoms with Crippen molar-refractivity contribution in [1.29, 1.82) is 0 Å². The highest BCUT2D eigenvalue weighted by Gasteiger charge is 2.46. The molecule has 0 radical (unpaired) electrons. The van der Waals surface area contributed by atoms with E-state index < -0.39 is 5.41 Å². The van der Waals surface area contributed by atoms with Gasteiger partial charge in [0.2, 0.25) is 0 Å². The number of hydrogen-bond acceptors (Lipinski definition) is 1. The van der Waals surface area contributed by atoms with Gasteiger partial charge in [0.15, 0.2) is 0 Å². The number of fused-ring (bicyclic) bond motifs is 6. The van der Waals surface area contributed by atoms with Crippen LogP contribution in [0.3, 0.4) is 0 Å². The first-order chi connectivity index (χ1) is 22.7. The number of rotatable bonds is 5. The van der Waals surface area contributed by atoms with Gasteiger partial charge >= 0.3 is 0 Å². The molecule has 7 aromatic carbocycles. The van der Waals surface area contributed by atoms with Crippen molar-refractivity contribution in [2.45, 2.75) is 5.41 Å². The van der Waals surface area contributed by atoms with E-state index >= 15 is 0 Å². The Kier molecular flexibility index (Phi) is 5.97. The summed E-state index contributed by atoms with van der Waals surface area (Å²) in [5.41, 5.74) is 13.1. The Morgan fingerprint density at radius 3 is 1.50 bits per heavy atom. The van der Waals surface area contributed by atoms with Crippen LogP contribution in [0.4, 0.5) is 11.4 Å². The topological polar surface area (TPSA) is 8.17 Å². The van der Waals surface area contributed by atoms with Gasteiger partial charge in [0.1, 0.15) is 0 Å². The van der Waals surface area contributed by atoms with Gasteiger partial charge in [0.25, 0.3) is 0 Å². The van der Waals surface area contributed by atoms with Crippen molar-refractivity contribution in [3.63, 3.8) is 0 Å². The van der Waals surface area contributed by atoms with Crippen molar-refractivity contribution in [2.75, 3.05) is 11.9 Å². The van der Waals surface area contributed by atoms with E-state index in [1.165, 1.54) is 60.9 Å². The van der Waals surface area contributed by atoms with Gasteiger partial charge in [-0.25, -0.2) is 0 Å². The van der Waals surface area contributed by atoms with E-state index in [9.17, 15) is 0 Å². The first kappa shape index (κ1) is 26.5. The van der Waals surface area contributed by atoms with Gasteiger partial charge in [-0.15, -0.1) is 0 Å². The SMILES string of the molecule is CN(c1ccccc1)c1ccc2c(c1)C(c1ccccc1)(c1ccccc1)c1cc(-n3c4ccccc4c4ccccc43)ccc1-2. The van der Waals surface area contributed by atoms with Crippen molar-refractivity contribution in [2.24, 2.45) is 0 Å². The molecule has 0 amide bonds. The Morgan fingerprint density at radius 2 is 0.913 bits per heavy atom. The molecular weight excluding hydrogens is 556 g/mol. The molecule has 2 nitrogen and oxygen atoms in total. The highest BCUT2D eigenvalue weighted by molar-refractivity contribution is 6.09. The Balaban J connectivity index is 1.36. The molecule has 2 heteroatoms. The summed E-state index contributed by atoms with van der Waals surface area (Å²) in [7, 11) is 2.16. The van der Waals surface area contributed by atoms with E-state index in [2.05, 4.69) is 192 Å². The predicted octanol–water partition coefficient (Wildman–Crippen LogP) is 10.9. The molecule has 0 unspecified atom stereocenters. The maximum Gasteiger partial charge on any atom is 0.0715 e. The number of para-hydroxylation sites is 3. The molecular formula is C44H32N2. The van der Waals surface area contributed by atoms with Crippen LogP contribution in [0, 0.1) is 0 Å². The Hall–Kier alpha value is -5.86. The van der Waals surface area contributed by atoms with Crippen LogP contribution in [0.25, 0.3) is 38.6 Å². The summed E-state index contributed by atoms with van der Waals surface area (Å²) >= 11 is 0. The second kappa shape index (κ2) is 10.4. The Morgan fingerprint density at radius 1 is 0.435 bits per heavy atom. The standard InChI is InChI=1S/C44H32N2/c1-45(33-19-9-4-10-20-33)34-25-27-36-37-28-26-35(46-42-23-13-11-21-38(42)39-22-12-14-24-43(39)46)30-41(37)44(40(36)29-34,31-15-5-2-6-16-31)32-17-7-3-8-18-32/h2-30H,1H3. The average molecular weight is 589 g/mol. The lowest BCUT2D eigenvalue weighted by Gasteiger charge is -2.34. The fourth-order valence-corrected chi connectivity index (χ4v) is 7.81. The van der Waals surface area contributed by atoms with Gasteiger partial charge in [-0.2, -0.15) is 0 Å². The molecule has 8 aromatic rings. The molecule has 0 aliphatic heterocycles. The lowest BCUT2D eigenvalue weighted by Crippen LogP contribution is -2.29. The molecule has 0 N–H and O–H groups in total. The van der Waals surface area contributed by atoms with E-state index in [4.69, 9.17) is 0 Å². The lowest BCUT2D eigenvalue weighted by molar-refractivity contribution is 0.767. The zero-order chi connectivity index (χ0) is 30.7. The highest BCUT2D eigenvalue weighted by Crippen LogP contribution is 2.57. The molecule has 0 spiro atoms. The van der Waals surface area contributed by atoms with Gasteiger partial charge in [-0.05, 0) is 81.9 Å². The number of benzene rings is 7. The summed E-state index contributed by atoms with van der Waals surface area (Å²) in [6, 6.07) is 64.4. The molecule has 0 saturated heterocycles. The summed E-state index contributed by atoms with van der Waals surface area (Å²) in [4.78, 5) is 2.29. The van der Waals surface area contributed by atoms with Crippen LogP contribution in [0.5, 0.6) is 0 Å². The molecule has 46 heavy (non-hydrogen) atoms. The lowest BCUT2D eigenvalue weighted by atomic mass is 9.67. The number of anilines is 2. The minimum Gasteiger partial charge on any atom is -0.345 e. The summed E-state index contributed by atoms with van der Waals surface area (Å²) < 4.78 is 2.43. The fraction of sp³-hybridized carbons (Fsp3) is 0.0455. The zero-order valence-electron chi connectivity index (χ0n) is 25.6. The van der Waals surface area contributed by atoms with Gasteiger partial charge in [-0.1, -0.05) is 127 Å². The van der Waals surface area contributed by atoms with Gasteiger partial charge < -0.3 is 9.47 Å². The molecule has 0 bridgehead atoms. The summed E-state index contributed by atoms with van der Waals surface area (Å²) in [6.07, 6.45) is 0. The second-order valence-corrected chi connectivity index (χ2v) is 12.2. The van der Waals surface area contributed by atoms with Gasteiger partial charge in [-0.3, -0.25) is 0 Å². The van der Waals surface area contributed by atoms with Crippen molar-refractivity contribution in [3.8, 4) is 16.8 Å². The van der Waals surface area contributed by atoms with Gasteiger partial charge in [0, 0.05) is 34.9 Å². The Bertz CT molecular complexity index is 2280. The highest BCUT2D eigenvalue weighted by atomic mass is 15.1. The maximum atomic E-state index is 2.45. The third-order valence-electron chi connectivity index (χ3n) is 9.89. The largest absolute Gasteiger partial charge is 0.345 e. The second-order valence-electron chi connectivity index (χ2n) is 12.2. The summed E-state index contributed by atoms with van der Waals surface area (Å²) in [5, 5.41) is 2.54. The van der Waals surface area contributed by atoms with Crippen LogP contribution in [-0.4, -0.2) is 11.6 Å². The zero-order valence-corrected chi connectivity index (χ0v) is 25.6. The van der Waals surface area contributed by atoms with E-state index in [0.717, 1.165) is 11.4 Å². The molecule has 1 heterocycles. The molecule has 0 saturated carbocycles. The first-order valence-corrected chi connectivity index (χ1v) is 15.9. The van der Waals surface area contributed by atoms with Crippen molar-refractivity contribution < 1.29 is 0 Å². The number of hydrogen-bond donors (Lipinski definition) is 0. The van der Waals surface area contributed by atoms with Crippen molar-refractivity contribution >= 4 is 33.2 Å². The van der Waals surface area contributed by atoms with E-state index in [1.54, 1.807) is 0 Å². The maximum absolute atomic E-state index is 2.45. The third kappa shape index (κ3) is 3.77. The van der Waals surface area contributed by atoms with E-state index in [0.29, 0.717) is 0 Å². The minimum absolute atomic E-state index is 0.504. The van der Waals surface area contributed by atoms with Crippen LogP contribution in [0.2, 0.25) is 0 Å². The molecule has 1 aliphatic rings. The normalized spacial score (nSPS) is 13.1. The fourth-order valence-electron chi connectivity index (χ4n) is 7.81. The number of nitrogens with zero attached hydrogens (tertiary/aromatic N) is 2. The number of aromatic nitrogens is 1. The average Bonchev–Trinajstić information content (AvgIpc) is 3.62. The molecule has 0 atom stereocenters. The summed E-state index contributed by atoms with van der Waals surface area (Å²) in [6.45, 7) is 0. The molecule has 218 valence electrons. The van der Waals surface area contributed by atoms with Gasteiger partial charge in [0.05, 0.1) is 16.4 Å². The molecule has 1 aliphatic carbocycles. The van der Waals surface area contributed by atoms with Crippen LogP contribution in [0.15, 0.2) is 176 Å². The van der Waals surface area contributed by atoms with E-state index in [1.807, 2.05) is 0 Å². The Labute approximate surface area is 269 Å². The van der Waals surface area contributed by atoms with Crippen LogP contribution in [0.1, 0.15) is 22.3 Å². The van der Waals surface area contributed by atoms with Crippen molar-refractivity contribution in [1.82, 2.24) is 4.57 Å². The quantitative estimate of drug-likeness (QED) is 0.194. The smallest absolute Gasteiger partial charge is 0.0715 e. The monoisotopic (exact) mass is 588 g/mol. The van der Waals surface area contributed by atoms with Crippen LogP contribution < -0.4 is 4.90 Å². The first-order valence-electron chi connectivity index (χ1n) is 15.9. The third-order valence-corrected chi connectivity index (χ3v) is 9.89. The van der Waals surface area contributed by atoms with E-state index in [-0.39, 0.29) is 0 Å². The van der Waals surface area contributed by atoms with Crippen LogP contribution in [-0.2, 0) is 5.41 Å². The molecule has 9 rings (SSSR count). The molecule has 1 aromatic heterocycles. The van der Waals surface area contributed by atoms with Crippen LogP contribution >= 0.6 is 0 Å². The molecule has 0 fully saturated rings. The summed E-state index contributed by atoms with van der Waals surface area (Å²) in [5.74, 6) is 0.